The van der Waals surface area contributed by atoms with Crippen LogP contribution in [0.5, 0.6) is 11.5 Å². The van der Waals surface area contributed by atoms with Crippen molar-refractivity contribution in [3.8, 4) is 11.5 Å². The second-order valence-electron chi connectivity index (χ2n) is 5.40. The molecule has 1 fully saturated rings. The van der Waals surface area contributed by atoms with Gasteiger partial charge in [-0.15, -0.1) is 0 Å². The van der Waals surface area contributed by atoms with Gasteiger partial charge in [0.05, 0.1) is 13.7 Å². The number of carbonyl (C=O) groups is 1. The topological polar surface area (TPSA) is 61.8 Å². The molecule has 2 N–H and O–H groups in total. The van der Waals surface area contributed by atoms with Gasteiger partial charge in [0.1, 0.15) is 6.17 Å². The van der Waals surface area contributed by atoms with Crippen LogP contribution < -0.4 is 10.1 Å². The van der Waals surface area contributed by atoms with E-state index in [1.807, 2.05) is 29.2 Å². The van der Waals surface area contributed by atoms with Crippen LogP contribution in [-0.2, 0) is 11.3 Å². The fourth-order valence-electron chi connectivity index (χ4n) is 2.74. The number of methoxy groups -OCH3 is 1. The number of nitrogens with one attached hydrogen (secondary N) is 1. The number of hydrogen-bond donors (Lipinski definition) is 2. The molecule has 6 heteroatoms. The third-order valence-corrected chi connectivity index (χ3v) is 4.38. The van der Waals surface area contributed by atoms with Crippen molar-refractivity contribution < 1.29 is 14.6 Å². The maximum Gasteiger partial charge on any atom is 0.235 e. The van der Waals surface area contributed by atoms with Gasteiger partial charge in [-0.1, -0.05) is 40.2 Å². The van der Waals surface area contributed by atoms with Crippen molar-refractivity contribution in [1.82, 2.24) is 10.2 Å². The predicted molar refractivity (Wildman–Crippen MR) is 90.1 cm³/mol. The van der Waals surface area contributed by atoms with Gasteiger partial charge in [0, 0.05) is 16.6 Å². The summed E-state index contributed by atoms with van der Waals surface area (Å²) in [7, 11) is 1.51. The Bertz CT molecular complexity index is 718. The highest BCUT2D eigenvalue weighted by atomic mass is 79.9. The Hall–Kier alpha value is -2.05. The molecule has 1 amide bonds. The van der Waals surface area contributed by atoms with Crippen LogP contribution in [0.4, 0.5) is 0 Å². The Kier molecular flexibility index (Phi) is 4.54. The van der Waals surface area contributed by atoms with Crippen molar-refractivity contribution in [2.45, 2.75) is 12.7 Å². The second-order valence-corrected chi connectivity index (χ2v) is 6.32. The van der Waals surface area contributed by atoms with E-state index in [0.717, 1.165) is 10.0 Å². The summed E-state index contributed by atoms with van der Waals surface area (Å²) in [5.41, 5.74) is 1.73. The lowest BCUT2D eigenvalue weighted by Gasteiger charge is -2.24. The summed E-state index contributed by atoms with van der Waals surface area (Å²) < 4.78 is 6.17. The van der Waals surface area contributed by atoms with Gasteiger partial charge in [0.2, 0.25) is 5.91 Å². The minimum atomic E-state index is -0.374. The van der Waals surface area contributed by atoms with E-state index in [1.54, 1.807) is 18.2 Å². The molecule has 1 saturated heterocycles. The highest BCUT2D eigenvalue weighted by Gasteiger charge is 2.33. The zero-order valence-corrected chi connectivity index (χ0v) is 14.2. The van der Waals surface area contributed by atoms with E-state index in [4.69, 9.17) is 4.74 Å². The fraction of sp³-hybridized carbons (Fsp3) is 0.235. The maximum atomic E-state index is 11.9. The zero-order valence-electron chi connectivity index (χ0n) is 12.6. The minimum Gasteiger partial charge on any atom is -0.504 e. The molecule has 5 nitrogen and oxygen atoms in total. The van der Waals surface area contributed by atoms with Crippen LogP contribution in [0.3, 0.4) is 0 Å². The van der Waals surface area contributed by atoms with Gasteiger partial charge in [-0.3, -0.25) is 9.69 Å². The molecule has 1 heterocycles. The quantitative estimate of drug-likeness (QED) is 0.860. The first-order valence-electron chi connectivity index (χ1n) is 7.22. The molecule has 120 valence electrons. The van der Waals surface area contributed by atoms with E-state index >= 15 is 0 Å². The summed E-state index contributed by atoms with van der Waals surface area (Å²) >= 11 is 3.41. The summed E-state index contributed by atoms with van der Waals surface area (Å²) in [4.78, 5) is 13.9. The van der Waals surface area contributed by atoms with E-state index < -0.39 is 0 Å². The molecule has 0 unspecified atom stereocenters. The number of hydrogen-bond acceptors (Lipinski definition) is 4. The summed E-state index contributed by atoms with van der Waals surface area (Å²) in [6.07, 6.45) is -0.374. The highest BCUT2D eigenvalue weighted by molar-refractivity contribution is 9.10. The van der Waals surface area contributed by atoms with E-state index in [1.165, 1.54) is 7.11 Å². The van der Waals surface area contributed by atoms with Crippen molar-refractivity contribution >= 4 is 21.8 Å². The van der Waals surface area contributed by atoms with Gasteiger partial charge in [-0.2, -0.15) is 0 Å². The van der Waals surface area contributed by atoms with Gasteiger partial charge in [0.25, 0.3) is 0 Å². The molecule has 2 aromatic rings. The minimum absolute atomic E-state index is 0.0583. The molecule has 3 rings (SSSR count). The molecular formula is C17H17BrN2O3. The number of aromatic hydroxyl groups is 1. The third-order valence-electron chi connectivity index (χ3n) is 3.85. The number of halogens is 1. The number of carbonyl (C=O) groups excluding carboxylic acids is 1. The molecule has 0 aromatic heterocycles. The second kappa shape index (κ2) is 6.60. The SMILES string of the molecule is COc1cccc([C@@H]2NC(=O)CN2Cc2ccc(Br)cc2)c1O. The first kappa shape index (κ1) is 15.8. The molecule has 0 spiro atoms. The average molecular weight is 377 g/mol. The molecule has 2 aromatic carbocycles. The fourth-order valence-corrected chi connectivity index (χ4v) is 3.00. The van der Waals surface area contributed by atoms with Crippen LogP contribution in [0.2, 0.25) is 0 Å². The summed E-state index contributed by atoms with van der Waals surface area (Å²) in [5.74, 6) is 0.393. The molecule has 0 saturated carbocycles. The maximum absolute atomic E-state index is 11.9. The number of phenolic OH excluding ortho intramolecular Hbond substituents is 1. The van der Waals surface area contributed by atoms with Crippen molar-refractivity contribution in [3.63, 3.8) is 0 Å². The van der Waals surface area contributed by atoms with Crippen molar-refractivity contribution in [2.75, 3.05) is 13.7 Å². The Morgan fingerprint density at radius 3 is 2.74 bits per heavy atom. The molecular weight excluding hydrogens is 360 g/mol. The Balaban J connectivity index is 1.88. The Labute approximate surface area is 143 Å². The molecule has 0 bridgehead atoms. The number of ether oxygens (including phenoxy) is 1. The first-order valence-corrected chi connectivity index (χ1v) is 8.01. The smallest absolute Gasteiger partial charge is 0.235 e. The van der Waals surface area contributed by atoms with Crippen LogP contribution >= 0.6 is 15.9 Å². The van der Waals surface area contributed by atoms with Crippen LogP contribution in [0.25, 0.3) is 0 Å². The summed E-state index contributed by atoms with van der Waals surface area (Å²) in [6.45, 7) is 0.894. The van der Waals surface area contributed by atoms with Crippen LogP contribution in [0.1, 0.15) is 17.3 Å². The zero-order chi connectivity index (χ0) is 16.4. The number of phenols is 1. The van der Waals surface area contributed by atoms with Gasteiger partial charge < -0.3 is 15.2 Å². The molecule has 23 heavy (non-hydrogen) atoms. The van der Waals surface area contributed by atoms with E-state index in [0.29, 0.717) is 17.9 Å². The van der Waals surface area contributed by atoms with Crippen molar-refractivity contribution in [1.29, 1.82) is 0 Å². The lowest BCUT2D eigenvalue weighted by Crippen LogP contribution is -2.27. The van der Waals surface area contributed by atoms with E-state index in [-0.39, 0.29) is 24.4 Å². The number of benzene rings is 2. The van der Waals surface area contributed by atoms with Gasteiger partial charge >= 0.3 is 0 Å². The van der Waals surface area contributed by atoms with Gasteiger partial charge in [0.15, 0.2) is 11.5 Å². The molecule has 1 atom stereocenters. The lowest BCUT2D eigenvalue weighted by atomic mass is 10.1. The van der Waals surface area contributed by atoms with Crippen LogP contribution in [0.15, 0.2) is 46.9 Å². The largest absolute Gasteiger partial charge is 0.504 e. The lowest BCUT2D eigenvalue weighted by molar-refractivity contribution is -0.118. The third kappa shape index (κ3) is 3.33. The Morgan fingerprint density at radius 1 is 1.30 bits per heavy atom. The summed E-state index contributed by atoms with van der Waals surface area (Å²) in [6, 6.07) is 13.2. The predicted octanol–water partition coefficient (Wildman–Crippen LogP) is 2.79. The summed E-state index contributed by atoms with van der Waals surface area (Å²) in [5, 5.41) is 13.3. The first-order chi connectivity index (χ1) is 11.1. The molecule has 1 aliphatic heterocycles. The van der Waals surface area contributed by atoms with Crippen molar-refractivity contribution in [3.05, 3.63) is 58.1 Å². The monoisotopic (exact) mass is 376 g/mol. The standard InChI is InChI=1S/C17H17BrN2O3/c1-23-14-4-2-3-13(16(14)22)17-19-15(21)10-20(17)9-11-5-7-12(18)8-6-11/h2-8,17,22H,9-10H2,1H3,(H,19,21)/t17-/m1/s1. The van der Waals surface area contributed by atoms with Crippen LogP contribution in [0, 0.1) is 0 Å². The number of para-hydroxylation sites is 1. The number of nitrogens with zero attached hydrogens (tertiary/aromatic N) is 1. The van der Waals surface area contributed by atoms with Crippen molar-refractivity contribution in [2.24, 2.45) is 0 Å². The van der Waals surface area contributed by atoms with Gasteiger partial charge in [-0.25, -0.2) is 0 Å². The molecule has 0 radical (unpaired) electrons. The molecule has 1 aliphatic rings. The van der Waals surface area contributed by atoms with Crippen LogP contribution in [-0.4, -0.2) is 29.6 Å². The highest BCUT2D eigenvalue weighted by Crippen LogP contribution is 2.36. The number of rotatable bonds is 4. The van der Waals surface area contributed by atoms with E-state index in [9.17, 15) is 9.90 Å². The Morgan fingerprint density at radius 2 is 2.04 bits per heavy atom. The molecule has 0 aliphatic carbocycles. The normalized spacial score (nSPS) is 18.0. The van der Waals surface area contributed by atoms with Gasteiger partial charge in [-0.05, 0) is 23.8 Å². The number of amides is 1. The average Bonchev–Trinajstić information content (AvgIpc) is 2.90. The van der Waals surface area contributed by atoms with E-state index in [2.05, 4.69) is 21.2 Å².